The van der Waals surface area contributed by atoms with Crippen molar-refractivity contribution in [3.63, 3.8) is 0 Å². The number of aliphatic hydroxyl groups is 1. The number of likely N-dealkylation sites (tertiary alicyclic amines) is 1. The van der Waals surface area contributed by atoms with Crippen molar-refractivity contribution in [1.82, 2.24) is 15.5 Å². The highest BCUT2D eigenvalue weighted by molar-refractivity contribution is 9.09. The number of nitrogens with one attached hydrogen (secondary N) is 2. The zero-order valence-corrected chi connectivity index (χ0v) is 23.8. The number of thioether (sulfide) groups is 1. The fourth-order valence-corrected chi connectivity index (χ4v) is 10.0. The van der Waals surface area contributed by atoms with E-state index in [1.807, 2.05) is 60.7 Å². The van der Waals surface area contributed by atoms with Crippen LogP contribution >= 0.6 is 27.7 Å². The molecular formula is C29H34BrN3O4S. The fraction of sp³-hybridized carbons (Fsp3) is 0.483. The Hall–Kier alpha value is -2.36. The second kappa shape index (κ2) is 11.4. The largest absolute Gasteiger partial charge is 0.394 e. The molecule has 0 radical (unpaired) electrons. The molecule has 2 aromatic carbocycles. The molecule has 202 valence electrons. The van der Waals surface area contributed by atoms with Crippen molar-refractivity contribution in [2.24, 2.45) is 11.8 Å². The molecule has 7 nitrogen and oxygen atoms in total. The normalized spacial score (nSPS) is 30.2. The number of halogens is 1. The first-order chi connectivity index (χ1) is 18.4. The summed E-state index contributed by atoms with van der Waals surface area (Å²) in [4.78, 5) is 43.4. The van der Waals surface area contributed by atoms with Gasteiger partial charge in [-0.1, -0.05) is 89.9 Å². The van der Waals surface area contributed by atoms with Crippen LogP contribution in [0.5, 0.6) is 0 Å². The quantitative estimate of drug-likeness (QED) is 0.287. The Kier molecular flexibility index (Phi) is 8.16. The molecule has 3 N–H and O–H groups in total. The number of aliphatic hydroxyl groups excluding tert-OH is 1. The molecule has 1 spiro atoms. The fourth-order valence-electron chi connectivity index (χ4n) is 6.42. The number of nitrogens with zero attached hydrogens (tertiary/aromatic N) is 1. The zero-order chi connectivity index (χ0) is 26.9. The average molecular weight is 601 g/mol. The van der Waals surface area contributed by atoms with Crippen molar-refractivity contribution in [1.29, 1.82) is 0 Å². The molecule has 7 atom stereocenters. The van der Waals surface area contributed by atoms with Gasteiger partial charge in [-0.05, 0) is 24.0 Å². The summed E-state index contributed by atoms with van der Waals surface area (Å²) in [7, 11) is 0. The first kappa shape index (κ1) is 27.2. The van der Waals surface area contributed by atoms with E-state index in [-0.39, 0.29) is 34.4 Å². The Morgan fingerprint density at radius 3 is 2.45 bits per heavy atom. The van der Waals surface area contributed by atoms with Crippen LogP contribution in [-0.2, 0) is 20.9 Å². The Morgan fingerprint density at radius 2 is 1.79 bits per heavy atom. The van der Waals surface area contributed by atoms with E-state index in [4.69, 9.17) is 0 Å². The van der Waals surface area contributed by atoms with Gasteiger partial charge >= 0.3 is 0 Å². The molecule has 2 aromatic rings. The second-order valence-corrected chi connectivity index (χ2v) is 13.1. The van der Waals surface area contributed by atoms with Crippen LogP contribution < -0.4 is 10.6 Å². The van der Waals surface area contributed by atoms with Gasteiger partial charge in [0.2, 0.25) is 17.7 Å². The van der Waals surface area contributed by atoms with E-state index in [2.05, 4.69) is 33.5 Å². The third-order valence-corrected chi connectivity index (χ3v) is 11.3. The summed E-state index contributed by atoms with van der Waals surface area (Å²) >= 11 is 5.41. The molecule has 3 unspecified atom stereocenters. The SMILES string of the molecule is CCCCNC(=O)C1N([C@H](CO)c2ccccc2)C(=O)[C@@H]2[C@@H](C(=O)NCc3ccccc3)[C@@H]3SC12CC3Br. The molecule has 3 amide bonds. The smallest absolute Gasteiger partial charge is 0.244 e. The lowest BCUT2D eigenvalue weighted by molar-refractivity contribution is -0.143. The van der Waals surface area contributed by atoms with Crippen molar-refractivity contribution in [3.8, 4) is 0 Å². The molecule has 3 heterocycles. The Balaban J connectivity index is 1.50. The molecule has 3 saturated heterocycles. The lowest BCUT2D eigenvalue weighted by Crippen LogP contribution is -2.55. The maximum Gasteiger partial charge on any atom is 0.244 e. The van der Waals surface area contributed by atoms with E-state index in [9.17, 15) is 19.5 Å². The van der Waals surface area contributed by atoms with Crippen LogP contribution in [0.25, 0.3) is 0 Å². The minimum atomic E-state index is -0.781. The van der Waals surface area contributed by atoms with Gasteiger partial charge in [0.05, 0.1) is 29.2 Å². The van der Waals surface area contributed by atoms with Crippen LogP contribution in [0.4, 0.5) is 0 Å². The zero-order valence-electron chi connectivity index (χ0n) is 21.4. The van der Waals surface area contributed by atoms with Gasteiger partial charge in [-0.3, -0.25) is 14.4 Å². The third kappa shape index (κ3) is 4.67. The maximum atomic E-state index is 14.3. The minimum absolute atomic E-state index is 0.000723. The van der Waals surface area contributed by atoms with Gasteiger partial charge in [0.25, 0.3) is 0 Å². The minimum Gasteiger partial charge on any atom is -0.394 e. The molecule has 0 aromatic heterocycles. The van der Waals surface area contributed by atoms with Crippen LogP contribution in [0.15, 0.2) is 60.7 Å². The van der Waals surface area contributed by atoms with Gasteiger partial charge in [-0.25, -0.2) is 0 Å². The van der Waals surface area contributed by atoms with Gasteiger partial charge in [0, 0.05) is 23.2 Å². The van der Waals surface area contributed by atoms with Crippen molar-refractivity contribution in [3.05, 3.63) is 71.8 Å². The van der Waals surface area contributed by atoms with E-state index >= 15 is 0 Å². The molecule has 0 aliphatic carbocycles. The number of hydrogen-bond donors (Lipinski definition) is 3. The summed E-state index contributed by atoms with van der Waals surface area (Å²) in [6, 6.07) is 17.6. The molecule has 5 rings (SSSR count). The third-order valence-electron chi connectivity index (χ3n) is 8.11. The molecule has 3 aliphatic heterocycles. The van der Waals surface area contributed by atoms with Crippen molar-refractivity contribution in [2.75, 3.05) is 13.2 Å². The summed E-state index contributed by atoms with van der Waals surface area (Å²) in [6.45, 7) is 2.65. The summed E-state index contributed by atoms with van der Waals surface area (Å²) in [5.41, 5.74) is 1.75. The lowest BCUT2D eigenvalue weighted by Gasteiger charge is -2.37. The van der Waals surface area contributed by atoms with Crippen LogP contribution in [0, 0.1) is 11.8 Å². The molecule has 38 heavy (non-hydrogen) atoms. The molecule has 3 aliphatic rings. The lowest BCUT2D eigenvalue weighted by atomic mass is 9.70. The number of hydrogen-bond acceptors (Lipinski definition) is 5. The topological polar surface area (TPSA) is 98.7 Å². The number of unbranched alkanes of at least 4 members (excludes halogenated alkanes) is 1. The second-order valence-electron chi connectivity index (χ2n) is 10.4. The average Bonchev–Trinajstić information content (AvgIpc) is 3.53. The van der Waals surface area contributed by atoms with E-state index in [0.717, 1.165) is 24.0 Å². The maximum absolute atomic E-state index is 14.3. The van der Waals surface area contributed by atoms with Crippen LogP contribution in [0.3, 0.4) is 0 Å². The summed E-state index contributed by atoms with van der Waals surface area (Å²) in [5, 5.41) is 16.5. The molecule has 9 heteroatoms. The Morgan fingerprint density at radius 1 is 1.11 bits per heavy atom. The summed E-state index contributed by atoms with van der Waals surface area (Å²) in [6.07, 6.45) is 2.39. The number of benzene rings is 2. The molecule has 3 fully saturated rings. The number of alkyl halides is 1. The van der Waals surface area contributed by atoms with Gasteiger partial charge < -0.3 is 20.6 Å². The Labute approximate surface area is 236 Å². The molecule has 0 saturated carbocycles. The van der Waals surface area contributed by atoms with Crippen LogP contribution in [0.2, 0.25) is 0 Å². The van der Waals surface area contributed by atoms with Gasteiger partial charge in [-0.15, -0.1) is 11.8 Å². The van der Waals surface area contributed by atoms with Gasteiger partial charge in [0.1, 0.15) is 6.04 Å². The predicted molar refractivity (Wildman–Crippen MR) is 152 cm³/mol. The van der Waals surface area contributed by atoms with Gasteiger partial charge in [-0.2, -0.15) is 0 Å². The highest BCUT2D eigenvalue weighted by atomic mass is 79.9. The number of carbonyl (C=O) groups is 3. The van der Waals surface area contributed by atoms with Crippen LogP contribution in [0.1, 0.15) is 43.4 Å². The van der Waals surface area contributed by atoms with E-state index in [1.54, 1.807) is 16.7 Å². The van der Waals surface area contributed by atoms with Crippen molar-refractivity contribution in [2.45, 2.75) is 59.6 Å². The monoisotopic (exact) mass is 599 g/mol. The Bertz CT molecular complexity index is 1170. The van der Waals surface area contributed by atoms with E-state index in [1.165, 1.54) is 0 Å². The standard InChI is InChI=1S/C29H34BrN3O4S/c1-2-3-14-31-27(36)25-29-15-20(30)24(38-29)22(26(35)32-16-18-10-6-4-7-11-18)23(29)28(37)33(25)21(17-34)19-12-8-5-9-13-19/h4-13,20-25,34H,2-3,14-17H2,1H3,(H,31,36)(H,32,35)/t20?,21-,22-,23+,24-,25?,29?/m1/s1. The van der Waals surface area contributed by atoms with Crippen molar-refractivity contribution >= 4 is 45.4 Å². The number of rotatable bonds is 10. The number of fused-ring (bicyclic) bond motifs is 1. The number of carbonyl (C=O) groups excluding carboxylic acids is 3. The van der Waals surface area contributed by atoms with E-state index < -0.39 is 28.7 Å². The number of amides is 3. The summed E-state index contributed by atoms with van der Waals surface area (Å²) in [5.74, 6) is -1.80. The van der Waals surface area contributed by atoms with Gasteiger partial charge in [0.15, 0.2) is 0 Å². The van der Waals surface area contributed by atoms with E-state index in [0.29, 0.717) is 19.5 Å². The predicted octanol–water partition coefficient (Wildman–Crippen LogP) is 3.42. The van der Waals surface area contributed by atoms with Crippen LogP contribution in [-0.4, -0.2) is 61.7 Å². The molecular weight excluding hydrogens is 566 g/mol. The summed E-state index contributed by atoms with van der Waals surface area (Å²) < 4.78 is -0.747. The first-order valence-electron chi connectivity index (χ1n) is 13.3. The first-order valence-corrected chi connectivity index (χ1v) is 15.1. The molecule has 2 bridgehead atoms. The van der Waals surface area contributed by atoms with Crippen molar-refractivity contribution < 1.29 is 19.5 Å². The highest BCUT2D eigenvalue weighted by Gasteiger charge is 2.76. The highest BCUT2D eigenvalue weighted by Crippen LogP contribution is 2.68.